The average molecular weight is 347 g/mol. The molecule has 1 amide bonds. The van der Waals surface area contributed by atoms with Crippen LogP contribution in [0, 0.1) is 17.8 Å². The van der Waals surface area contributed by atoms with Crippen molar-refractivity contribution < 1.29 is 9.53 Å². The maximum Gasteiger partial charge on any atom is 0.231 e. The first-order valence-electron chi connectivity index (χ1n) is 7.87. The van der Waals surface area contributed by atoms with Crippen molar-refractivity contribution in [1.29, 1.82) is 0 Å². The van der Waals surface area contributed by atoms with Gasteiger partial charge in [-0.2, -0.15) is 0 Å². The predicted octanol–water partition coefficient (Wildman–Crippen LogP) is 3.83. The van der Waals surface area contributed by atoms with Crippen molar-refractivity contribution in [2.75, 3.05) is 5.32 Å². The summed E-state index contributed by atoms with van der Waals surface area (Å²) in [5.74, 6) is 1.41. The molecule has 2 saturated heterocycles. The third kappa shape index (κ3) is 2.30. The van der Waals surface area contributed by atoms with Crippen LogP contribution in [0.4, 0.5) is 5.13 Å². The molecule has 5 atom stereocenters. The summed E-state index contributed by atoms with van der Waals surface area (Å²) < 4.78 is 5.90. The van der Waals surface area contributed by atoms with Crippen LogP contribution in [0.2, 0.25) is 5.02 Å². The zero-order valence-electron chi connectivity index (χ0n) is 12.2. The Morgan fingerprint density at radius 3 is 2.83 bits per heavy atom. The van der Waals surface area contributed by atoms with E-state index < -0.39 is 0 Å². The second-order valence-corrected chi connectivity index (χ2v) is 8.04. The normalized spacial score (nSPS) is 33.5. The molecule has 6 heteroatoms. The van der Waals surface area contributed by atoms with Gasteiger partial charge in [-0.15, -0.1) is 0 Å². The summed E-state index contributed by atoms with van der Waals surface area (Å²) in [6.07, 6.45) is 4.37. The van der Waals surface area contributed by atoms with Crippen LogP contribution in [0.15, 0.2) is 30.5 Å². The van der Waals surface area contributed by atoms with E-state index in [0.29, 0.717) is 22.2 Å². The quantitative estimate of drug-likeness (QED) is 0.919. The highest BCUT2D eigenvalue weighted by atomic mass is 35.5. The fourth-order valence-electron chi connectivity index (χ4n) is 3.99. The summed E-state index contributed by atoms with van der Waals surface area (Å²) in [6, 6.07) is 7.62. The standard InChI is InChI=1S/C17H15ClN2O2S/c18-9-3-1-8(2-4-9)14-7-19-17(23-14)20-16(21)12-6-13-10-5-11(10)15(12)22-13/h1-4,7,10-13,15H,5-6H2,(H,19,20,21)/t10-,11+,12-,13+,15+/m1/s1. The Hall–Kier alpha value is -1.43. The van der Waals surface area contributed by atoms with Crippen molar-refractivity contribution in [3.05, 3.63) is 35.5 Å². The van der Waals surface area contributed by atoms with Gasteiger partial charge in [0.25, 0.3) is 0 Å². The third-order valence-corrected chi connectivity index (χ3v) is 6.42. The van der Waals surface area contributed by atoms with Gasteiger partial charge in [-0.1, -0.05) is 35.1 Å². The maximum atomic E-state index is 12.5. The van der Waals surface area contributed by atoms with Gasteiger partial charge in [0, 0.05) is 11.2 Å². The number of carbonyl (C=O) groups excluding carboxylic acids is 1. The van der Waals surface area contributed by atoms with E-state index in [1.807, 2.05) is 24.3 Å². The molecular weight excluding hydrogens is 332 g/mol. The molecule has 5 rings (SSSR count). The Morgan fingerprint density at radius 2 is 2.09 bits per heavy atom. The van der Waals surface area contributed by atoms with Crippen LogP contribution < -0.4 is 5.32 Å². The number of rotatable bonds is 3. The highest BCUT2D eigenvalue weighted by Crippen LogP contribution is 2.60. The monoisotopic (exact) mass is 346 g/mol. The lowest BCUT2D eigenvalue weighted by atomic mass is 9.88. The molecular formula is C17H15ClN2O2S. The first kappa shape index (κ1) is 14.0. The maximum absolute atomic E-state index is 12.5. The Kier molecular flexibility index (Phi) is 3.05. The molecule has 0 unspecified atom stereocenters. The number of nitrogens with zero attached hydrogens (tertiary/aromatic N) is 1. The van der Waals surface area contributed by atoms with Crippen LogP contribution in [-0.4, -0.2) is 23.1 Å². The molecule has 1 aromatic carbocycles. The van der Waals surface area contributed by atoms with E-state index in [2.05, 4.69) is 10.3 Å². The number of thiazole rings is 1. The van der Waals surface area contributed by atoms with Crippen LogP contribution in [-0.2, 0) is 9.53 Å². The van der Waals surface area contributed by atoms with Gasteiger partial charge in [-0.25, -0.2) is 4.98 Å². The molecule has 1 N–H and O–H groups in total. The second-order valence-electron chi connectivity index (χ2n) is 6.57. The minimum Gasteiger partial charge on any atom is -0.374 e. The number of hydrogen-bond acceptors (Lipinski definition) is 4. The molecule has 2 aromatic rings. The molecule has 1 aliphatic carbocycles. The number of aromatic nitrogens is 1. The molecule has 3 fully saturated rings. The minimum atomic E-state index is -0.00775. The molecule has 3 aliphatic rings. The number of fused-ring (bicyclic) bond motifs is 5. The first-order chi connectivity index (χ1) is 11.2. The first-order valence-corrected chi connectivity index (χ1v) is 9.06. The molecule has 2 bridgehead atoms. The van der Waals surface area contributed by atoms with Crippen molar-refractivity contribution in [3.8, 4) is 10.4 Å². The SMILES string of the molecule is O=C(Nc1ncc(-c2ccc(Cl)cc2)s1)[C@@H]1C[C@@H]2O[C@H]1[C@H]1C[C@H]12. The summed E-state index contributed by atoms with van der Waals surface area (Å²) in [5, 5.41) is 4.33. The van der Waals surface area contributed by atoms with Crippen LogP contribution in [0.25, 0.3) is 10.4 Å². The number of benzene rings is 1. The third-order valence-electron chi connectivity index (χ3n) is 5.21. The molecule has 2 aliphatic heterocycles. The van der Waals surface area contributed by atoms with E-state index in [-0.39, 0.29) is 17.9 Å². The zero-order valence-corrected chi connectivity index (χ0v) is 13.8. The minimum absolute atomic E-state index is 0.00775. The largest absolute Gasteiger partial charge is 0.374 e. The van der Waals surface area contributed by atoms with E-state index in [1.54, 1.807) is 6.20 Å². The average Bonchev–Trinajstić information content (AvgIpc) is 2.92. The zero-order chi connectivity index (χ0) is 15.6. The summed E-state index contributed by atoms with van der Waals surface area (Å²) in [5.41, 5.74) is 1.05. The number of hydrogen-bond donors (Lipinski definition) is 1. The van der Waals surface area contributed by atoms with Crippen LogP contribution >= 0.6 is 22.9 Å². The van der Waals surface area contributed by atoms with E-state index in [1.165, 1.54) is 17.8 Å². The molecule has 23 heavy (non-hydrogen) atoms. The summed E-state index contributed by atoms with van der Waals surface area (Å²) >= 11 is 7.39. The van der Waals surface area contributed by atoms with Crippen molar-refractivity contribution in [2.24, 2.45) is 17.8 Å². The lowest BCUT2D eigenvalue weighted by Gasteiger charge is -2.16. The number of halogens is 1. The van der Waals surface area contributed by atoms with Crippen LogP contribution in [0.5, 0.6) is 0 Å². The molecule has 1 aromatic heterocycles. The van der Waals surface area contributed by atoms with Gasteiger partial charge in [0.05, 0.1) is 23.0 Å². The van der Waals surface area contributed by atoms with Gasteiger partial charge >= 0.3 is 0 Å². The molecule has 1 saturated carbocycles. The second kappa shape index (κ2) is 5.03. The Morgan fingerprint density at radius 1 is 1.26 bits per heavy atom. The van der Waals surface area contributed by atoms with Gasteiger partial charge in [-0.05, 0) is 42.4 Å². The Bertz CT molecular complexity index is 775. The smallest absolute Gasteiger partial charge is 0.231 e. The van der Waals surface area contributed by atoms with Crippen molar-refractivity contribution in [3.63, 3.8) is 0 Å². The van der Waals surface area contributed by atoms with Gasteiger partial charge < -0.3 is 10.1 Å². The predicted molar refractivity (Wildman–Crippen MR) is 89.6 cm³/mol. The molecule has 0 radical (unpaired) electrons. The topological polar surface area (TPSA) is 51.2 Å². The molecule has 3 heterocycles. The highest BCUT2D eigenvalue weighted by Gasteiger charge is 2.64. The summed E-state index contributed by atoms with van der Waals surface area (Å²) in [7, 11) is 0. The summed E-state index contributed by atoms with van der Waals surface area (Å²) in [6.45, 7) is 0. The number of nitrogens with one attached hydrogen (secondary N) is 1. The van der Waals surface area contributed by atoms with Crippen molar-refractivity contribution in [2.45, 2.75) is 25.0 Å². The molecule has 118 valence electrons. The van der Waals surface area contributed by atoms with E-state index in [4.69, 9.17) is 16.3 Å². The number of anilines is 1. The fraction of sp³-hybridized carbons (Fsp3) is 0.412. The molecule has 4 nitrogen and oxygen atoms in total. The van der Waals surface area contributed by atoms with Gasteiger partial charge in [0.2, 0.25) is 5.91 Å². The highest BCUT2D eigenvalue weighted by molar-refractivity contribution is 7.19. The Labute approximate surface area is 142 Å². The van der Waals surface area contributed by atoms with Crippen molar-refractivity contribution in [1.82, 2.24) is 4.98 Å². The van der Waals surface area contributed by atoms with E-state index in [0.717, 1.165) is 22.8 Å². The van der Waals surface area contributed by atoms with Crippen LogP contribution in [0.1, 0.15) is 12.8 Å². The van der Waals surface area contributed by atoms with E-state index in [9.17, 15) is 4.79 Å². The van der Waals surface area contributed by atoms with Crippen molar-refractivity contribution >= 4 is 34.0 Å². The number of ether oxygens (including phenoxy) is 1. The lowest BCUT2D eigenvalue weighted by Crippen LogP contribution is -2.31. The Balaban J connectivity index is 1.30. The van der Waals surface area contributed by atoms with Crippen LogP contribution in [0.3, 0.4) is 0 Å². The van der Waals surface area contributed by atoms with Gasteiger partial charge in [-0.3, -0.25) is 4.79 Å². The fourth-order valence-corrected chi connectivity index (χ4v) is 4.94. The van der Waals surface area contributed by atoms with Gasteiger partial charge in [0.1, 0.15) is 0 Å². The lowest BCUT2D eigenvalue weighted by molar-refractivity contribution is -0.121. The number of amides is 1. The molecule has 0 spiro atoms. The van der Waals surface area contributed by atoms with Gasteiger partial charge in [0.15, 0.2) is 5.13 Å². The van der Waals surface area contributed by atoms with E-state index >= 15 is 0 Å². The summed E-state index contributed by atoms with van der Waals surface area (Å²) in [4.78, 5) is 17.9. The number of carbonyl (C=O) groups is 1.